The summed E-state index contributed by atoms with van der Waals surface area (Å²) in [5.74, 6) is 0.863. The molecule has 3 atom stereocenters. The molecule has 0 aromatic rings. The normalized spacial score (nSPS) is 27.5. The summed E-state index contributed by atoms with van der Waals surface area (Å²) >= 11 is 0. The average Bonchev–Trinajstić information content (AvgIpc) is 2.28. The molecule has 1 rings (SSSR count). The van der Waals surface area contributed by atoms with E-state index in [1.54, 1.807) is 0 Å². The lowest BCUT2D eigenvalue weighted by atomic mass is 9.74. The minimum Gasteiger partial charge on any atom is -0.327 e. The summed E-state index contributed by atoms with van der Waals surface area (Å²) in [7, 11) is 0. The van der Waals surface area contributed by atoms with Crippen LogP contribution in [0.25, 0.3) is 0 Å². The molecule has 0 saturated heterocycles. The van der Waals surface area contributed by atoms with Crippen LogP contribution in [-0.2, 0) is 0 Å². The Morgan fingerprint density at radius 1 is 1.29 bits per heavy atom. The van der Waals surface area contributed by atoms with E-state index in [2.05, 4.69) is 5.92 Å². The van der Waals surface area contributed by atoms with Crippen molar-refractivity contribution in [1.82, 2.24) is 0 Å². The molecule has 0 aromatic heterocycles. The van der Waals surface area contributed by atoms with E-state index in [1.807, 2.05) is 0 Å². The van der Waals surface area contributed by atoms with Crippen LogP contribution in [0.1, 0.15) is 44.9 Å². The number of rotatable bonds is 4. The summed E-state index contributed by atoms with van der Waals surface area (Å²) in [4.78, 5) is 0. The second-order valence-electron chi connectivity index (χ2n) is 4.86. The van der Waals surface area contributed by atoms with Crippen LogP contribution >= 0.6 is 0 Å². The third kappa shape index (κ3) is 4.23. The molecule has 2 N–H and O–H groups in total. The minimum atomic E-state index is -4.10. The summed E-state index contributed by atoms with van der Waals surface area (Å²) in [6.07, 6.45) is 5.29. The van der Waals surface area contributed by atoms with Crippen molar-refractivity contribution in [2.45, 2.75) is 57.2 Å². The summed E-state index contributed by atoms with van der Waals surface area (Å²) in [6.45, 7) is 0. The van der Waals surface area contributed by atoms with Crippen LogP contribution < -0.4 is 5.73 Å². The van der Waals surface area contributed by atoms with Crippen molar-refractivity contribution in [3.63, 3.8) is 0 Å². The molecular formula is C13H20F3N. The van der Waals surface area contributed by atoms with Gasteiger partial charge in [0.25, 0.3) is 0 Å². The highest BCUT2D eigenvalue weighted by molar-refractivity contribution is 4.88. The molecule has 1 aliphatic carbocycles. The number of terminal acetylenes is 1. The topological polar surface area (TPSA) is 26.0 Å². The molecule has 0 heterocycles. The molecule has 98 valence electrons. The molecule has 1 saturated carbocycles. The van der Waals surface area contributed by atoms with Crippen molar-refractivity contribution in [2.24, 2.45) is 17.6 Å². The van der Waals surface area contributed by atoms with Gasteiger partial charge >= 0.3 is 6.18 Å². The zero-order valence-corrected chi connectivity index (χ0v) is 9.97. The Hall–Kier alpha value is -0.690. The Balaban J connectivity index is 2.55. The van der Waals surface area contributed by atoms with E-state index < -0.39 is 18.0 Å². The maximum absolute atomic E-state index is 12.9. The number of hydrogen-bond donors (Lipinski definition) is 1. The van der Waals surface area contributed by atoms with Crippen LogP contribution in [0.3, 0.4) is 0 Å². The Morgan fingerprint density at radius 3 is 2.53 bits per heavy atom. The first kappa shape index (κ1) is 14.4. The SMILES string of the molecule is C#CCCCC(N)C1CCCCC1C(F)(F)F. The number of unbranched alkanes of at least 4 members (excludes halogenated alkanes) is 1. The molecule has 0 spiro atoms. The van der Waals surface area contributed by atoms with E-state index in [0.717, 1.165) is 12.8 Å². The van der Waals surface area contributed by atoms with E-state index in [1.165, 1.54) is 0 Å². The lowest BCUT2D eigenvalue weighted by Crippen LogP contribution is -2.43. The predicted octanol–water partition coefficient (Wildman–Crippen LogP) is 3.49. The van der Waals surface area contributed by atoms with Gasteiger partial charge in [-0.3, -0.25) is 0 Å². The molecule has 1 fully saturated rings. The Bertz CT molecular complexity index is 267. The molecule has 1 aliphatic rings. The number of alkyl halides is 3. The molecule has 0 aliphatic heterocycles. The fraction of sp³-hybridized carbons (Fsp3) is 0.846. The summed E-state index contributed by atoms with van der Waals surface area (Å²) in [6, 6.07) is -0.365. The zero-order chi connectivity index (χ0) is 12.9. The Morgan fingerprint density at radius 2 is 1.94 bits per heavy atom. The van der Waals surface area contributed by atoms with Gasteiger partial charge in [-0.1, -0.05) is 12.8 Å². The van der Waals surface area contributed by atoms with E-state index in [0.29, 0.717) is 25.7 Å². The van der Waals surface area contributed by atoms with E-state index >= 15 is 0 Å². The average molecular weight is 247 g/mol. The van der Waals surface area contributed by atoms with Crippen molar-refractivity contribution >= 4 is 0 Å². The van der Waals surface area contributed by atoms with Gasteiger partial charge in [0, 0.05) is 12.5 Å². The molecule has 0 bridgehead atoms. The molecule has 0 amide bonds. The molecule has 3 unspecified atom stereocenters. The number of nitrogens with two attached hydrogens (primary N) is 1. The third-order valence-corrected chi connectivity index (χ3v) is 3.65. The van der Waals surface area contributed by atoms with Crippen LogP contribution in [0.15, 0.2) is 0 Å². The van der Waals surface area contributed by atoms with Crippen LogP contribution in [0.2, 0.25) is 0 Å². The first-order chi connectivity index (χ1) is 7.96. The smallest absolute Gasteiger partial charge is 0.327 e. The van der Waals surface area contributed by atoms with E-state index in [9.17, 15) is 13.2 Å². The van der Waals surface area contributed by atoms with Crippen LogP contribution in [0, 0.1) is 24.2 Å². The summed E-state index contributed by atoms with van der Waals surface area (Å²) in [5, 5.41) is 0. The van der Waals surface area contributed by atoms with Crippen molar-refractivity contribution in [1.29, 1.82) is 0 Å². The molecule has 1 nitrogen and oxygen atoms in total. The van der Waals surface area contributed by atoms with Crippen LogP contribution in [-0.4, -0.2) is 12.2 Å². The molecule has 0 radical (unpaired) electrons. The molecular weight excluding hydrogens is 227 g/mol. The summed E-state index contributed by atoms with van der Waals surface area (Å²) < 4.78 is 38.6. The fourth-order valence-electron chi connectivity index (χ4n) is 2.73. The largest absolute Gasteiger partial charge is 0.392 e. The van der Waals surface area contributed by atoms with E-state index in [4.69, 9.17) is 12.2 Å². The van der Waals surface area contributed by atoms with Crippen molar-refractivity contribution < 1.29 is 13.2 Å². The quantitative estimate of drug-likeness (QED) is 0.597. The van der Waals surface area contributed by atoms with Crippen molar-refractivity contribution in [2.75, 3.05) is 0 Å². The van der Waals surface area contributed by atoms with Gasteiger partial charge in [-0.2, -0.15) is 13.2 Å². The molecule has 17 heavy (non-hydrogen) atoms. The second-order valence-corrected chi connectivity index (χ2v) is 4.86. The highest BCUT2D eigenvalue weighted by Gasteiger charge is 2.46. The minimum absolute atomic E-state index is 0.233. The fourth-order valence-corrected chi connectivity index (χ4v) is 2.73. The lowest BCUT2D eigenvalue weighted by Gasteiger charge is -2.36. The maximum Gasteiger partial charge on any atom is 0.392 e. The lowest BCUT2D eigenvalue weighted by molar-refractivity contribution is -0.198. The van der Waals surface area contributed by atoms with Gasteiger partial charge in [0.05, 0.1) is 5.92 Å². The van der Waals surface area contributed by atoms with Crippen molar-refractivity contribution in [3.05, 3.63) is 0 Å². The van der Waals surface area contributed by atoms with Gasteiger partial charge in [0.15, 0.2) is 0 Å². The van der Waals surface area contributed by atoms with Gasteiger partial charge in [0.2, 0.25) is 0 Å². The van der Waals surface area contributed by atoms with Gasteiger partial charge < -0.3 is 5.73 Å². The van der Waals surface area contributed by atoms with E-state index in [-0.39, 0.29) is 12.5 Å². The highest BCUT2D eigenvalue weighted by Crippen LogP contribution is 2.43. The Kier molecular flexibility index (Phi) is 5.32. The maximum atomic E-state index is 12.9. The third-order valence-electron chi connectivity index (χ3n) is 3.65. The first-order valence-electron chi connectivity index (χ1n) is 6.22. The second kappa shape index (κ2) is 6.30. The molecule has 0 aromatic carbocycles. The van der Waals surface area contributed by atoms with Gasteiger partial charge in [-0.05, 0) is 31.6 Å². The monoisotopic (exact) mass is 247 g/mol. The predicted molar refractivity (Wildman–Crippen MR) is 62.2 cm³/mol. The standard InChI is InChI=1S/C13H20F3N/c1-2-3-4-9-12(17)10-7-5-6-8-11(10)13(14,15)16/h1,10-12H,3-9,17H2. The van der Waals surface area contributed by atoms with Crippen LogP contribution in [0.4, 0.5) is 13.2 Å². The highest BCUT2D eigenvalue weighted by atomic mass is 19.4. The molecule has 4 heteroatoms. The Labute approximate surface area is 101 Å². The summed E-state index contributed by atoms with van der Waals surface area (Å²) in [5.41, 5.74) is 5.91. The van der Waals surface area contributed by atoms with Gasteiger partial charge in [-0.25, -0.2) is 0 Å². The first-order valence-corrected chi connectivity index (χ1v) is 6.22. The number of halogens is 3. The van der Waals surface area contributed by atoms with Crippen molar-refractivity contribution in [3.8, 4) is 12.3 Å². The van der Waals surface area contributed by atoms with Gasteiger partial charge in [0.1, 0.15) is 0 Å². The van der Waals surface area contributed by atoms with Gasteiger partial charge in [-0.15, -0.1) is 12.3 Å². The zero-order valence-electron chi connectivity index (χ0n) is 9.97. The number of hydrogen-bond acceptors (Lipinski definition) is 1. The van der Waals surface area contributed by atoms with Crippen LogP contribution in [0.5, 0.6) is 0 Å².